The van der Waals surface area contributed by atoms with Crippen LogP contribution in [0.1, 0.15) is 37.5 Å². The molecule has 3 aromatic rings. The zero-order valence-electron chi connectivity index (χ0n) is 24.8. The van der Waals surface area contributed by atoms with E-state index in [1.54, 1.807) is 11.8 Å². The summed E-state index contributed by atoms with van der Waals surface area (Å²) in [6.45, 7) is 9.41. The van der Waals surface area contributed by atoms with Crippen molar-refractivity contribution < 1.29 is 23.7 Å². The van der Waals surface area contributed by atoms with Crippen LogP contribution in [-0.2, 0) is 43.5 Å². The van der Waals surface area contributed by atoms with Gasteiger partial charge < -0.3 is 28.6 Å². The van der Waals surface area contributed by atoms with Gasteiger partial charge in [-0.05, 0) is 48.5 Å². The van der Waals surface area contributed by atoms with E-state index in [0.29, 0.717) is 31.6 Å². The molecule has 1 aliphatic rings. The topological polar surface area (TPSA) is 49.4 Å². The molecule has 0 aliphatic carbocycles. The van der Waals surface area contributed by atoms with Gasteiger partial charge in [0.1, 0.15) is 23.7 Å². The van der Waals surface area contributed by atoms with Gasteiger partial charge in [-0.25, -0.2) is 0 Å². The van der Waals surface area contributed by atoms with Crippen LogP contribution in [0, 0.1) is 0 Å². The second-order valence-corrected chi connectivity index (χ2v) is 11.8. The molecule has 3 aromatic carbocycles. The lowest BCUT2D eigenvalue weighted by Gasteiger charge is -2.46. The smallest absolute Gasteiger partial charge is 0.259 e. The van der Waals surface area contributed by atoms with Gasteiger partial charge in [-0.3, -0.25) is 0 Å². The average molecular weight is 610 g/mol. The molecular weight excluding hydrogens is 567 g/mol. The van der Waals surface area contributed by atoms with Crippen LogP contribution in [0.15, 0.2) is 91.0 Å². The Morgan fingerprint density at radius 1 is 0.714 bits per heavy atom. The molecule has 6 nitrogen and oxygen atoms in total. The van der Waals surface area contributed by atoms with E-state index >= 15 is 0 Å². The van der Waals surface area contributed by atoms with Crippen molar-refractivity contribution in [3.8, 4) is 0 Å². The zero-order valence-corrected chi connectivity index (χ0v) is 26.4. The van der Waals surface area contributed by atoms with E-state index < -0.39 is 24.4 Å². The summed E-state index contributed by atoms with van der Waals surface area (Å²) in [6, 6.07) is 30.5. The molecule has 0 bridgehead atoms. The quantitative estimate of drug-likeness (QED) is 0.173. The van der Waals surface area contributed by atoms with Crippen molar-refractivity contribution in [1.29, 1.82) is 0 Å². The monoisotopic (exact) mass is 609 g/mol. The van der Waals surface area contributed by atoms with Crippen molar-refractivity contribution in [2.75, 3.05) is 25.4 Å². The SMILES string of the molecule is CCS[C@H]1O[C@H](COCc2ccccc2)[C@@H](OC(=S)N(CC)CC)[C@H](OCc2ccccc2)[C@@H]1OCc1ccccc1. The normalized spacial score (nSPS) is 22.0. The van der Waals surface area contributed by atoms with Crippen LogP contribution < -0.4 is 0 Å². The van der Waals surface area contributed by atoms with Crippen LogP contribution in [0.4, 0.5) is 0 Å². The zero-order chi connectivity index (χ0) is 29.6. The fourth-order valence-electron chi connectivity index (χ4n) is 4.89. The van der Waals surface area contributed by atoms with Crippen LogP contribution in [0.5, 0.6) is 0 Å². The van der Waals surface area contributed by atoms with Crippen molar-refractivity contribution in [3.63, 3.8) is 0 Å². The number of ether oxygens (including phenoxy) is 5. The van der Waals surface area contributed by atoms with Crippen LogP contribution in [-0.4, -0.2) is 65.4 Å². The van der Waals surface area contributed by atoms with Crippen LogP contribution in [0.2, 0.25) is 0 Å². The fourth-order valence-corrected chi connectivity index (χ4v) is 6.23. The molecule has 0 aromatic heterocycles. The van der Waals surface area contributed by atoms with Gasteiger partial charge in [0.2, 0.25) is 0 Å². The third-order valence-corrected chi connectivity index (χ3v) is 8.54. The van der Waals surface area contributed by atoms with E-state index in [-0.39, 0.29) is 5.44 Å². The molecule has 1 fully saturated rings. The Labute approximate surface area is 260 Å². The molecule has 5 atom stereocenters. The Morgan fingerprint density at radius 3 is 1.71 bits per heavy atom. The fraction of sp³-hybridized carbons (Fsp3) is 0.441. The molecule has 8 heteroatoms. The first-order chi connectivity index (χ1) is 20.6. The standard InChI is InChI=1S/C34H43NO5S2/c1-4-35(5-2)34(41)40-30-29(25-36-22-26-16-10-7-11-17-26)39-33(42-6-3)32(38-24-28-20-14-9-15-21-28)31(30)37-23-27-18-12-8-13-19-27/h7-21,29-33H,4-6,22-25H2,1-3H3/t29-,30-,31+,32+,33-/m1/s1. The Kier molecular flexibility index (Phi) is 13.6. The number of rotatable bonds is 15. The van der Waals surface area contributed by atoms with Gasteiger partial charge >= 0.3 is 0 Å². The minimum Gasteiger partial charge on any atom is -0.462 e. The molecule has 0 radical (unpaired) electrons. The minimum atomic E-state index is -0.535. The van der Waals surface area contributed by atoms with Gasteiger partial charge in [-0.1, -0.05) is 97.9 Å². The molecule has 0 N–H and O–H groups in total. The van der Waals surface area contributed by atoms with Crippen molar-refractivity contribution in [2.45, 2.75) is 70.4 Å². The van der Waals surface area contributed by atoms with Gasteiger partial charge in [0, 0.05) is 13.1 Å². The highest BCUT2D eigenvalue weighted by Crippen LogP contribution is 2.35. The van der Waals surface area contributed by atoms with Crippen molar-refractivity contribution in [1.82, 2.24) is 4.90 Å². The molecule has 1 aliphatic heterocycles. The molecule has 1 heterocycles. The highest BCUT2D eigenvalue weighted by Gasteiger charge is 2.49. The lowest BCUT2D eigenvalue weighted by Crippen LogP contribution is -2.61. The van der Waals surface area contributed by atoms with Gasteiger partial charge in [-0.2, -0.15) is 0 Å². The maximum atomic E-state index is 6.74. The third-order valence-electron chi connectivity index (χ3n) is 7.14. The summed E-state index contributed by atoms with van der Waals surface area (Å²) in [6.07, 6.45) is -1.80. The predicted molar refractivity (Wildman–Crippen MR) is 173 cm³/mol. The maximum Gasteiger partial charge on any atom is 0.259 e. The van der Waals surface area contributed by atoms with Crippen LogP contribution >= 0.6 is 24.0 Å². The summed E-state index contributed by atoms with van der Waals surface area (Å²) in [5.41, 5.74) is 2.99. The van der Waals surface area contributed by atoms with E-state index in [9.17, 15) is 0 Å². The first-order valence-electron chi connectivity index (χ1n) is 14.8. The summed E-state index contributed by atoms with van der Waals surface area (Å²) in [4.78, 5) is 2.03. The lowest BCUT2D eigenvalue weighted by atomic mass is 9.99. The maximum absolute atomic E-state index is 6.74. The Bertz CT molecular complexity index is 1170. The Morgan fingerprint density at radius 2 is 1.21 bits per heavy atom. The summed E-state index contributed by atoms with van der Waals surface area (Å²) >= 11 is 7.50. The van der Waals surface area contributed by atoms with E-state index in [4.69, 9.17) is 35.9 Å². The molecule has 0 unspecified atom stereocenters. The molecule has 0 spiro atoms. The summed E-state index contributed by atoms with van der Waals surface area (Å²) in [7, 11) is 0. The van der Waals surface area contributed by atoms with Crippen LogP contribution in [0.3, 0.4) is 0 Å². The molecule has 42 heavy (non-hydrogen) atoms. The van der Waals surface area contributed by atoms with Crippen molar-refractivity contribution in [3.05, 3.63) is 108 Å². The number of benzene rings is 3. The Hall–Kier alpha value is -2.46. The largest absolute Gasteiger partial charge is 0.462 e. The van der Waals surface area contributed by atoms with Gasteiger partial charge in [0.05, 0.1) is 26.4 Å². The molecule has 0 amide bonds. The number of hydrogen-bond donors (Lipinski definition) is 0. The predicted octanol–water partition coefficient (Wildman–Crippen LogP) is 6.86. The number of hydrogen-bond acceptors (Lipinski definition) is 7. The first-order valence-corrected chi connectivity index (χ1v) is 16.2. The van der Waals surface area contributed by atoms with Gasteiger partial charge in [0.25, 0.3) is 5.17 Å². The average Bonchev–Trinajstić information content (AvgIpc) is 3.03. The minimum absolute atomic E-state index is 0.272. The highest BCUT2D eigenvalue weighted by atomic mass is 32.2. The second-order valence-electron chi connectivity index (χ2n) is 10.0. The number of nitrogens with zero attached hydrogens (tertiary/aromatic N) is 1. The number of thioether (sulfide) groups is 1. The Balaban J connectivity index is 1.62. The van der Waals surface area contributed by atoms with E-state index in [1.165, 1.54) is 0 Å². The molecule has 1 saturated heterocycles. The van der Waals surface area contributed by atoms with Crippen molar-refractivity contribution in [2.24, 2.45) is 0 Å². The molecular formula is C34H43NO5S2. The van der Waals surface area contributed by atoms with E-state index in [1.807, 2.05) is 59.5 Å². The molecule has 4 rings (SSSR count). The lowest BCUT2D eigenvalue weighted by molar-refractivity contribution is -0.238. The first kappa shape index (κ1) is 32.5. The van der Waals surface area contributed by atoms with Gasteiger partial charge in [-0.15, -0.1) is 11.8 Å². The second kappa shape index (κ2) is 17.6. The summed E-state index contributed by atoms with van der Waals surface area (Å²) in [5.74, 6) is 0.863. The van der Waals surface area contributed by atoms with Crippen molar-refractivity contribution >= 4 is 29.2 Å². The molecule has 226 valence electrons. The summed E-state index contributed by atoms with van der Waals surface area (Å²) in [5, 5.41) is 0.429. The third kappa shape index (κ3) is 9.53. The van der Waals surface area contributed by atoms with E-state index in [2.05, 4.69) is 57.2 Å². The molecule has 0 saturated carbocycles. The summed E-state index contributed by atoms with van der Waals surface area (Å²) < 4.78 is 32.9. The highest BCUT2D eigenvalue weighted by molar-refractivity contribution is 7.99. The van der Waals surface area contributed by atoms with E-state index in [0.717, 1.165) is 35.5 Å². The van der Waals surface area contributed by atoms with Crippen LogP contribution in [0.25, 0.3) is 0 Å². The van der Waals surface area contributed by atoms with Gasteiger partial charge in [0.15, 0.2) is 6.10 Å². The number of thiocarbonyl (C=S) groups is 1.